The standard InChI is InChI=1S/C24H33ClN2O2/c1-29-24-19-9-12-26-23(19)21(25)15-20(24)22(28)8-7-17-10-13-27(14-11-17)16-18-5-3-2-4-6-18/h9,12,15,17-18,26H,2-8,10-11,13-14,16H2,1H3. The van der Waals surface area contributed by atoms with E-state index >= 15 is 0 Å². The maximum atomic E-state index is 13.0. The van der Waals surface area contributed by atoms with Gasteiger partial charge in [-0.2, -0.15) is 0 Å². The van der Waals surface area contributed by atoms with E-state index in [0.717, 1.165) is 23.2 Å². The molecule has 0 bridgehead atoms. The number of carbonyl (C=O) groups is 1. The molecule has 0 unspecified atom stereocenters. The third-order valence-electron chi connectivity index (χ3n) is 6.98. The second-order valence-corrected chi connectivity index (χ2v) is 9.32. The quantitative estimate of drug-likeness (QED) is 0.556. The van der Waals surface area contributed by atoms with E-state index in [9.17, 15) is 4.79 Å². The number of rotatable bonds is 7. The number of halogens is 1. The SMILES string of the molecule is COc1c(C(=O)CCC2CCN(CC3CCCCC3)CC2)cc(Cl)c2[nH]ccc12. The van der Waals surface area contributed by atoms with Gasteiger partial charge >= 0.3 is 0 Å². The molecule has 1 N–H and O–H groups in total. The summed E-state index contributed by atoms with van der Waals surface area (Å²) in [5.74, 6) is 2.34. The van der Waals surface area contributed by atoms with Crippen LogP contribution in [-0.4, -0.2) is 42.4 Å². The van der Waals surface area contributed by atoms with Crippen molar-refractivity contribution in [3.05, 3.63) is 28.9 Å². The van der Waals surface area contributed by atoms with Gasteiger partial charge in [-0.25, -0.2) is 0 Å². The number of aromatic nitrogens is 1. The van der Waals surface area contributed by atoms with Crippen molar-refractivity contribution in [1.82, 2.24) is 9.88 Å². The molecule has 29 heavy (non-hydrogen) atoms. The number of ether oxygens (including phenoxy) is 1. The van der Waals surface area contributed by atoms with Gasteiger partial charge in [0.15, 0.2) is 5.78 Å². The lowest BCUT2D eigenvalue weighted by Gasteiger charge is -2.35. The third kappa shape index (κ3) is 4.80. The number of carbonyl (C=O) groups excluding carboxylic acids is 1. The average Bonchev–Trinajstić information content (AvgIpc) is 3.24. The van der Waals surface area contributed by atoms with Crippen LogP contribution in [0.1, 0.15) is 68.1 Å². The van der Waals surface area contributed by atoms with Gasteiger partial charge in [0.25, 0.3) is 0 Å². The number of hydrogen-bond donors (Lipinski definition) is 1. The van der Waals surface area contributed by atoms with Crippen molar-refractivity contribution >= 4 is 28.3 Å². The highest BCUT2D eigenvalue weighted by Crippen LogP contribution is 2.36. The molecule has 0 radical (unpaired) electrons. The predicted octanol–water partition coefficient (Wildman–Crippen LogP) is 6.09. The molecule has 1 saturated heterocycles. The van der Waals surface area contributed by atoms with E-state index in [0.29, 0.717) is 28.7 Å². The van der Waals surface area contributed by atoms with Gasteiger partial charge in [0, 0.05) is 24.5 Å². The van der Waals surface area contributed by atoms with Gasteiger partial charge in [-0.15, -0.1) is 0 Å². The third-order valence-corrected chi connectivity index (χ3v) is 7.28. The Morgan fingerprint density at radius 1 is 1.17 bits per heavy atom. The van der Waals surface area contributed by atoms with E-state index in [4.69, 9.17) is 16.3 Å². The number of ketones is 1. The zero-order valence-corrected chi connectivity index (χ0v) is 18.3. The van der Waals surface area contributed by atoms with Gasteiger partial charge in [0.2, 0.25) is 0 Å². The zero-order chi connectivity index (χ0) is 20.2. The van der Waals surface area contributed by atoms with Crippen molar-refractivity contribution in [3.8, 4) is 5.75 Å². The normalized spacial score (nSPS) is 19.7. The van der Waals surface area contributed by atoms with Gasteiger partial charge in [0.1, 0.15) is 5.75 Å². The molecule has 2 heterocycles. The summed E-state index contributed by atoms with van der Waals surface area (Å²) in [4.78, 5) is 18.7. The number of methoxy groups -OCH3 is 1. The minimum atomic E-state index is 0.136. The van der Waals surface area contributed by atoms with Crippen molar-refractivity contribution in [2.75, 3.05) is 26.7 Å². The smallest absolute Gasteiger partial charge is 0.166 e. The number of nitrogens with zero attached hydrogens (tertiary/aromatic N) is 1. The summed E-state index contributed by atoms with van der Waals surface area (Å²) >= 11 is 6.38. The number of nitrogens with one attached hydrogen (secondary N) is 1. The van der Waals surface area contributed by atoms with Crippen LogP contribution >= 0.6 is 11.6 Å². The van der Waals surface area contributed by atoms with Crippen LogP contribution in [0.5, 0.6) is 5.75 Å². The average molecular weight is 417 g/mol. The van der Waals surface area contributed by atoms with E-state index < -0.39 is 0 Å². The first kappa shape index (κ1) is 20.7. The minimum Gasteiger partial charge on any atom is -0.495 e. The first-order chi connectivity index (χ1) is 14.2. The molecular weight excluding hydrogens is 384 g/mol. The van der Waals surface area contributed by atoms with Crippen LogP contribution in [0.3, 0.4) is 0 Å². The number of fused-ring (bicyclic) bond motifs is 1. The molecule has 2 aromatic rings. The van der Waals surface area contributed by atoms with Crippen LogP contribution in [0.4, 0.5) is 0 Å². The Hall–Kier alpha value is -1.52. The van der Waals surface area contributed by atoms with Crippen LogP contribution in [-0.2, 0) is 0 Å². The highest BCUT2D eigenvalue weighted by atomic mass is 35.5. The Bertz CT molecular complexity index is 833. The van der Waals surface area contributed by atoms with Gasteiger partial charge in [-0.3, -0.25) is 4.79 Å². The lowest BCUT2D eigenvalue weighted by atomic mass is 9.87. The highest BCUT2D eigenvalue weighted by Gasteiger charge is 2.24. The van der Waals surface area contributed by atoms with Crippen LogP contribution in [0.15, 0.2) is 18.3 Å². The Kier molecular flexibility index (Phi) is 6.81. The second-order valence-electron chi connectivity index (χ2n) is 8.92. The van der Waals surface area contributed by atoms with Crippen molar-refractivity contribution in [2.24, 2.45) is 11.8 Å². The maximum Gasteiger partial charge on any atom is 0.166 e. The molecule has 158 valence electrons. The van der Waals surface area contributed by atoms with Crippen molar-refractivity contribution in [2.45, 2.75) is 57.8 Å². The van der Waals surface area contributed by atoms with Gasteiger partial charge in [-0.1, -0.05) is 30.9 Å². The summed E-state index contributed by atoms with van der Waals surface area (Å²) in [6, 6.07) is 3.67. The molecule has 0 amide bonds. The van der Waals surface area contributed by atoms with E-state index in [2.05, 4.69) is 9.88 Å². The fraction of sp³-hybridized carbons (Fsp3) is 0.625. The van der Waals surface area contributed by atoms with Crippen LogP contribution in [0.2, 0.25) is 5.02 Å². The van der Waals surface area contributed by atoms with Crippen LogP contribution < -0.4 is 4.74 Å². The first-order valence-electron chi connectivity index (χ1n) is 11.2. The maximum absolute atomic E-state index is 13.0. The molecular formula is C24H33ClN2O2. The highest BCUT2D eigenvalue weighted by molar-refractivity contribution is 6.36. The number of benzene rings is 1. The number of Topliss-reactive ketones (excluding diaryl/α,β-unsaturated/α-hetero) is 1. The molecule has 1 saturated carbocycles. The largest absolute Gasteiger partial charge is 0.495 e. The summed E-state index contributed by atoms with van der Waals surface area (Å²) in [5, 5.41) is 1.45. The molecule has 5 heteroatoms. The summed E-state index contributed by atoms with van der Waals surface area (Å²) < 4.78 is 5.56. The van der Waals surface area contributed by atoms with Crippen molar-refractivity contribution < 1.29 is 9.53 Å². The van der Waals surface area contributed by atoms with Crippen LogP contribution in [0, 0.1) is 11.8 Å². The zero-order valence-electron chi connectivity index (χ0n) is 17.5. The number of aromatic amines is 1. The summed E-state index contributed by atoms with van der Waals surface area (Å²) in [5.41, 5.74) is 1.43. The van der Waals surface area contributed by atoms with Gasteiger partial charge in [-0.05, 0) is 69.2 Å². The molecule has 1 aliphatic carbocycles. The van der Waals surface area contributed by atoms with E-state index in [-0.39, 0.29) is 5.78 Å². The lowest BCUT2D eigenvalue weighted by molar-refractivity contribution is 0.0954. The topological polar surface area (TPSA) is 45.3 Å². The predicted molar refractivity (Wildman–Crippen MR) is 119 cm³/mol. The number of piperidine rings is 1. The number of likely N-dealkylation sites (tertiary alicyclic amines) is 1. The number of H-pyrrole nitrogens is 1. The summed E-state index contributed by atoms with van der Waals surface area (Å²) in [6.07, 6.45) is 12.9. The molecule has 2 fully saturated rings. The monoisotopic (exact) mass is 416 g/mol. The minimum absolute atomic E-state index is 0.136. The van der Waals surface area contributed by atoms with Crippen molar-refractivity contribution in [3.63, 3.8) is 0 Å². The Labute approximate surface area is 178 Å². The fourth-order valence-corrected chi connectivity index (χ4v) is 5.52. The van der Waals surface area contributed by atoms with E-state index in [1.54, 1.807) is 13.2 Å². The van der Waals surface area contributed by atoms with E-state index in [1.807, 2.05) is 12.3 Å². The first-order valence-corrected chi connectivity index (χ1v) is 11.6. The molecule has 0 spiro atoms. The van der Waals surface area contributed by atoms with Crippen molar-refractivity contribution in [1.29, 1.82) is 0 Å². The molecule has 0 atom stereocenters. The Morgan fingerprint density at radius 3 is 2.66 bits per heavy atom. The van der Waals surface area contributed by atoms with Gasteiger partial charge < -0.3 is 14.6 Å². The summed E-state index contributed by atoms with van der Waals surface area (Å²) in [6.45, 7) is 3.68. The Morgan fingerprint density at radius 2 is 1.93 bits per heavy atom. The molecule has 1 aromatic heterocycles. The molecule has 2 aliphatic rings. The molecule has 1 aromatic carbocycles. The van der Waals surface area contributed by atoms with Gasteiger partial charge in [0.05, 0.1) is 23.2 Å². The summed E-state index contributed by atoms with van der Waals surface area (Å²) in [7, 11) is 1.62. The molecule has 1 aliphatic heterocycles. The second kappa shape index (κ2) is 9.53. The van der Waals surface area contributed by atoms with E-state index in [1.165, 1.54) is 64.6 Å². The van der Waals surface area contributed by atoms with Crippen LogP contribution in [0.25, 0.3) is 10.9 Å². The fourth-order valence-electron chi connectivity index (χ4n) is 5.26. The Balaban J connectivity index is 1.30. The molecule has 4 nitrogen and oxygen atoms in total. The lowest BCUT2D eigenvalue weighted by Crippen LogP contribution is -2.37. The number of hydrogen-bond acceptors (Lipinski definition) is 3. The molecule has 4 rings (SSSR count).